The van der Waals surface area contributed by atoms with E-state index in [2.05, 4.69) is 6.07 Å². The van der Waals surface area contributed by atoms with E-state index in [4.69, 9.17) is 14.2 Å². The second-order valence-electron chi connectivity index (χ2n) is 9.89. The third-order valence-electron chi connectivity index (χ3n) is 7.99. The van der Waals surface area contributed by atoms with Crippen LogP contribution in [0.5, 0.6) is 5.88 Å². The molecule has 7 rings (SSSR count). The number of hydrogen-bond donors (Lipinski definition) is 0. The smallest absolute Gasteiger partial charge is 0.356 e. The predicted molar refractivity (Wildman–Crippen MR) is 147 cm³/mol. The summed E-state index contributed by atoms with van der Waals surface area (Å²) >= 11 is 0. The van der Waals surface area contributed by atoms with Gasteiger partial charge in [-0.25, -0.2) is 4.79 Å². The molecule has 6 nitrogen and oxygen atoms in total. The Morgan fingerprint density at radius 2 is 1.62 bits per heavy atom. The summed E-state index contributed by atoms with van der Waals surface area (Å²) in [5.74, 6) is -0.472. The highest BCUT2D eigenvalue weighted by atomic mass is 16.6. The van der Waals surface area contributed by atoms with Crippen molar-refractivity contribution < 1.29 is 19.0 Å². The summed E-state index contributed by atoms with van der Waals surface area (Å²) in [5, 5.41) is 13.5. The lowest BCUT2D eigenvalue weighted by Crippen LogP contribution is -2.49. The van der Waals surface area contributed by atoms with Crippen LogP contribution in [-0.2, 0) is 26.9 Å². The minimum absolute atomic E-state index is 0.351. The van der Waals surface area contributed by atoms with Crippen LogP contribution in [0, 0.1) is 17.2 Å². The number of para-hydroxylation sites is 1. The second-order valence-corrected chi connectivity index (χ2v) is 9.89. The van der Waals surface area contributed by atoms with E-state index in [1.165, 1.54) is 7.11 Å². The molecule has 4 aromatic carbocycles. The van der Waals surface area contributed by atoms with Crippen LogP contribution in [0.4, 0.5) is 0 Å². The summed E-state index contributed by atoms with van der Waals surface area (Å²) in [7, 11) is 3.27. The summed E-state index contributed by atoms with van der Waals surface area (Å²) in [5.41, 5.74) is 1.76. The third-order valence-corrected chi connectivity index (χ3v) is 7.99. The van der Waals surface area contributed by atoms with Gasteiger partial charge in [0.25, 0.3) is 0 Å². The number of benzene rings is 4. The van der Waals surface area contributed by atoms with Gasteiger partial charge in [-0.3, -0.25) is 0 Å². The Kier molecular flexibility index (Phi) is 5.04. The first-order valence-electron chi connectivity index (χ1n) is 12.8. The first-order valence-corrected chi connectivity index (χ1v) is 12.8. The fourth-order valence-electron chi connectivity index (χ4n) is 6.32. The summed E-state index contributed by atoms with van der Waals surface area (Å²) in [6, 6.07) is 33.7. The molecule has 1 aromatic heterocycles. The van der Waals surface area contributed by atoms with Gasteiger partial charge in [0.2, 0.25) is 11.5 Å². The Labute approximate surface area is 225 Å². The highest BCUT2D eigenvalue weighted by Crippen LogP contribution is 2.62. The first kappa shape index (κ1) is 23.1. The number of carbonyl (C=O) groups is 1. The number of nitriles is 1. The van der Waals surface area contributed by atoms with Crippen molar-refractivity contribution in [2.75, 3.05) is 7.11 Å². The molecule has 190 valence electrons. The van der Waals surface area contributed by atoms with Crippen molar-refractivity contribution in [2.24, 2.45) is 13.0 Å². The molecule has 0 saturated carbocycles. The Hall–Kier alpha value is -5.02. The van der Waals surface area contributed by atoms with E-state index in [0.29, 0.717) is 22.8 Å². The Bertz CT molecular complexity index is 1860. The molecule has 3 heterocycles. The molecule has 0 spiro atoms. The van der Waals surface area contributed by atoms with Gasteiger partial charge in [-0.2, -0.15) is 5.26 Å². The molecule has 0 aliphatic carbocycles. The number of methoxy groups -OCH3 is 1. The van der Waals surface area contributed by atoms with Crippen LogP contribution in [-0.4, -0.2) is 17.6 Å². The van der Waals surface area contributed by atoms with Gasteiger partial charge in [0.15, 0.2) is 0 Å². The highest BCUT2D eigenvalue weighted by Gasteiger charge is 2.66. The number of esters is 1. The maximum absolute atomic E-state index is 14.1. The van der Waals surface area contributed by atoms with Gasteiger partial charge >= 0.3 is 5.97 Å². The second kappa shape index (κ2) is 8.50. The molecule has 5 aromatic rings. The molecule has 3 atom stereocenters. The van der Waals surface area contributed by atoms with Crippen molar-refractivity contribution in [3.63, 3.8) is 0 Å². The van der Waals surface area contributed by atoms with Gasteiger partial charge in [-0.1, -0.05) is 91.0 Å². The summed E-state index contributed by atoms with van der Waals surface area (Å²) in [6.07, 6.45) is -0.678. The zero-order chi connectivity index (χ0) is 26.7. The quantitative estimate of drug-likeness (QED) is 0.261. The van der Waals surface area contributed by atoms with E-state index in [0.717, 1.165) is 32.8 Å². The van der Waals surface area contributed by atoms with Gasteiger partial charge in [0.05, 0.1) is 35.8 Å². The van der Waals surface area contributed by atoms with Crippen LogP contribution in [0.2, 0.25) is 0 Å². The Morgan fingerprint density at radius 1 is 0.923 bits per heavy atom. The van der Waals surface area contributed by atoms with E-state index in [1.54, 1.807) is 0 Å². The zero-order valence-electron chi connectivity index (χ0n) is 21.4. The monoisotopic (exact) mass is 512 g/mol. The molecule has 0 amide bonds. The van der Waals surface area contributed by atoms with Crippen LogP contribution in [0.25, 0.3) is 27.4 Å². The Morgan fingerprint density at radius 3 is 2.38 bits per heavy atom. The molecule has 0 fully saturated rings. The van der Waals surface area contributed by atoms with Crippen molar-refractivity contribution >= 4 is 33.4 Å². The van der Waals surface area contributed by atoms with Gasteiger partial charge in [-0.15, -0.1) is 0 Å². The van der Waals surface area contributed by atoms with Crippen LogP contribution < -0.4 is 4.74 Å². The number of nitrogens with zero attached hydrogens (tertiary/aromatic N) is 2. The predicted octanol–water partition coefficient (Wildman–Crippen LogP) is 6.41. The van der Waals surface area contributed by atoms with Crippen molar-refractivity contribution in [1.29, 1.82) is 5.26 Å². The van der Waals surface area contributed by atoms with E-state index >= 15 is 0 Å². The molecule has 0 saturated heterocycles. The van der Waals surface area contributed by atoms with Gasteiger partial charge in [0.1, 0.15) is 11.9 Å². The van der Waals surface area contributed by atoms with Gasteiger partial charge < -0.3 is 18.8 Å². The average molecular weight is 513 g/mol. The minimum atomic E-state index is -1.64. The van der Waals surface area contributed by atoms with E-state index in [-0.39, 0.29) is 0 Å². The SMILES string of the molecule is COC(=O)[C@@]12OC(c3cccc4ccccc34)=C(C#N)[C@@H]1[C@@H](c1ccccc1)Oc1c2c2ccccc2n1C. The number of hydrogen-bond acceptors (Lipinski definition) is 5. The molecular weight excluding hydrogens is 488 g/mol. The molecule has 0 N–H and O–H groups in total. The molecular formula is C33H24N2O4. The fourth-order valence-corrected chi connectivity index (χ4v) is 6.32. The standard InChI is InChI=1S/C33H24N2O4/c1-35-26-18-9-8-16-24(26)28-31(35)38-29(21-12-4-3-5-13-21)27-25(19-34)30(39-33(27,28)32(36)37-2)23-17-10-14-20-11-6-7-15-22(20)23/h3-18,27,29H,1-2H3/t27-,29-,33-/m1/s1. The average Bonchev–Trinajstić information content (AvgIpc) is 3.49. The minimum Gasteiger partial charge on any atom is -0.469 e. The number of carbonyl (C=O) groups excluding carboxylic acids is 1. The maximum atomic E-state index is 14.1. The maximum Gasteiger partial charge on any atom is 0.356 e. The molecule has 2 aliphatic heterocycles. The molecule has 6 heteroatoms. The normalized spacial score (nSPS) is 21.6. The topological polar surface area (TPSA) is 73.5 Å². The lowest BCUT2D eigenvalue weighted by molar-refractivity contribution is -0.171. The van der Waals surface area contributed by atoms with Gasteiger partial charge in [-0.05, 0) is 22.4 Å². The van der Waals surface area contributed by atoms with Crippen LogP contribution in [0.3, 0.4) is 0 Å². The lowest BCUT2D eigenvalue weighted by Gasteiger charge is -2.41. The summed E-state index contributed by atoms with van der Waals surface area (Å²) < 4.78 is 21.1. The fraction of sp³-hybridized carbons (Fsp3) is 0.152. The van der Waals surface area contributed by atoms with Crippen molar-refractivity contribution in [3.05, 3.63) is 119 Å². The third kappa shape index (κ3) is 3.04. The molecule has 0 unspecified atom stereocenters. The largest absolute Gasteiger partial charge is 0.469 e. The summed E-state index contributed by atoms with van der Waals surface area (Å²) in [6.45, 7) is 0. The van der Waals surface area contributed by atoms with Gasteiger partial charge in [0, 0.05) is 18.0 Å². The number of aryl methyl sites for hydroxylation is 1. The zero-order valence-corrected chi connectivity index (χ0v) is 21.4. The van der Waals surface area contributed by atoms with Crippen LogP contribution in [0.15, 0.2) is 103 Å². The lowest BCUT2D eigenvalue weighted by atomic mass is 9.72. The molecule has 0 bridgehead atoms. The molecule has 2 aliphatic rings. The van der Waals surface area contributed by atoms with E-state index in [9.17, 15) is 10.1 Å². The molecule has 0 radical (unpaired) electrons. The Balaban J connectivity index is 1.60. The molecule has 39 heavy (non-hydrogen) atoms. The number of rotatable bonds is 3. The van der Waals surface area contributed by atoms with Crippen molar-refractivity contribution in [1.82, 2.24) is 4.57 Å². The number of aromatic nitrogens is 1. The van der Waals surface area contributed by atoms with E-state index in [1.807, 2.05) is 109 Å². The van der Waals surface area contributed by atoms with Crippen LogP contribution in [0.1, 0.15) is 22.8 Å². The first-order chi connectivity index (χ1) is 19.1. The number of ether oxygens (including phenoxy) is 3. The highest BCUT2D eigenvalue weighted by molar-refractivity contribution is 6.00. The summed E-state index contributed by atoms with van der Waals surface area (Å²) in [4.78, 5) is 14.1. The van der Waals surface area contributed by atoms with E-state index < -0.39 is 23.6 Å². The number of fused-ring (bicyclic) bond motifs is 6. The van der Waals surface area contributed by atoms with Crippen molar-refractivity contribution in [3.8, 4) is 11.9 Å². The van der Waals surface area contributed by atoms with Crippen LogP contribution >= 0.6 is 0 Å². The van der Waals surface area contributed by atoms with Crippen molar-refractivity contribution in [2.45, 2.75) is 11.7 Å².